The SMILES string of the molecule is CCCCCCCCC[n+]1c(C)cc2nc1SCCCn1c(C)cc(=O)n(c1=O)CCCSc1nc(cc(C)[n+]1CCCCCCCCC)NCCCCCCN2.Cc1ccc(S(=O)(=O)[O-])cc1.Cc1ccc(S(=O)(=O)[O-])cc1. The van der Waals surface area contributed by atoms with Gasteiger partial charge in [0.15, 0.2) is 0 Å². The lowest BCUT2D eigenvalue weighted by atomic mass is 10.1. The number of fused-ring (bicyclic) bond motifs is 6. The smallest absolute Gasteiger partial charge is 0.361 e. The zero-order valence-electron chi connectivity index (χ0n) is 48.2. The van der Waals surface area contributed by atoms with Crippen LogP contribution in [0.25, 0.3) is 0 Å². The molecule has 2 N–H and O–H groups in total. The summed E-state index contributed by atoms with van der Waals surface area (Å²) in [5.41, 5.74) is 4.62. The lowest BCUT2D eigenvalue weighted by molar-refractivity contribution is -0.742. The number of unbranched alkanes of at least 4 members (excludes halogenated alkanes) is 12. The number of nitrogens with zero attached hydrogens (tertiary/aromatic N) is 6. The summed E-state index contributed by atoms with van der Waals surface area (Å²) in [7, 11) is -8.54. The number of hydrogen-bond acceptors (Lipinski definition) is 14. The minimum Gasteiger partial charge on any atom is -0.744 e. The van der Waals surface area contributed by atoms with Crippen LogP contribution in [0, 0.1) is 34.6 Å². The minimum absolute atomic E-state index is 0.178. The number of thioether (sulfide) groups is 2. The predicted octanol–water partition coefficient (Wildman–Crippen LogP) is 11.4. The Hall–Kier alpha value is -4.60. The molecular formula is C59H90N8O8S4. The summed E-state index contributed by atoms with van der Waals surface area (Å²) in [5.74, 6) is 3.49. The highest BCUT2D eigenvalue weighted by Crippen LogP contribution is 2.21. The van der Waals surface area contributed by atoms with Gasteiger partial charge in [-0.25, -0.2) is 30.8 Å². The number of rotatable bonds is 18. The number of benzene rings is 2. The molecule has 6 bridgehead atoms. The third-order valence-corrected chi connectivity index (χ3v) is 17.6. The van der Waals surface area contributed by atoms with E-state index in [1.165, 1.54) is 130 Å². The fourth-order valence-corrected chi connectivity index (χ4v) is 12.0. The van der Waals surface area contributed by atoms with Gasteiger partial charge in [0.05, 0.1) is 22.9 Å². The summed E-state index contributed by atoms with van der Waals surface area (Å²) in [6, 6.07) is 17.6. The Morgan fingerprint density at radius 2 is 0.899 bits per heavy atom. The molecule has 438 valence electrons. The Balaban J connectivity index is 0.000000500. The first-order valence-electron chi connectivity index (χ1n) is 28.7. The molecule has 0 amide bonds. The molecule has 0 atom stereocenters. The third kappa shape index (κ3) is 25.0. The van der Waals surface area contributed by atoms with Gasteiger partial charge in [0.25, 0.3) is 5.56 Å². The summed E-state index contributed by atoms with van der Waals surface area (Å²) in [5, 5.41) is 9.31. The molecule has 5 aromatic rings. The Morgan fingerprint density at radius 3 is 1.29 bits per heavy atom. The molecule has 0 unspecified atom stereocenters. The van der Waals surface area contributed by atoms with Crippen LogP contribution < -0.4 is 31.0 Å². The van der Waals surface area contributed by atoms with Crippen LogP contribution in [0.4, 0.5) is 11.6 Å². The van der Waals surface area contributed by atoms with Crippen molar-refractivity contribution in [3.63, 3.8) is 0 Å². The zero-order chi connectivity index (χ0) is 57.6. The Morgan fingerprint density at radius 1 is 0.519 bits per heavy atom. The van der Waals surface area contributed by atoms with Crippen LogP contribution in [0.5, 0.6) is 0 Å². The molecule has 0 aliphatic carbocycles. The quantitative estimate of drug-likeness (QED) is 0.0361. The number of hydrogen-bond donors (Lipinski definition) is 2. The second-order valence-corrected chi connectivity index (χ2v) is 25.5. The monoisotopic (exact) mass is 1170 g/mol. The molecule has 3 aromatic heterocycles. The maximum Gasteiger partial charge on any atom is 0.361 e. The van der Waals surface area contributed by atoms with Crippen molar-refractivity contribution in [2.45, 2.75) is 223 Å². The highest BCUT2D eigenvalue weighted by molar-refractivity contribution is 7.99. The fourth-order valence-electron chi connectivity index (χ4n) is 9.07. The van der Waals surface area contributed by atoms with E-state index < -0.39 is 20.2 Å². The van der Waals surface area contributed by atoms with E-state index in [1.807, 2.05) is 20.8 Å². The van der Waals surface area contributed by atoms with Crippen LogP contribution in [-0.2, 0) is 46.4 Å². The van der Waals surface area contributed by atoms with E-state index in [-0.39, 0.29) is 21.0 Å². The Labute approximate surface area is 481 Å². The number of anilines is 2. The van der Waals surface area contributed by atoms with E-state index in [9.17, 15) is 35.5 Å². The number of aromatic nitrogens is 6. The first-order chi connectivity index (χ1) is 37.8. The number of aryl methyl sites for hydroxylation is 5. The summed E-state index contributed by atoms with van der Waals surface area (Å²) in [6.45, 7) is 19.2. The normalized spacial score (nSPS) is 14.0. The molecule has 16 nitrogen and oxygen atoms in total. The van der Waals surface area contributed by atoms with Gasteiger partial charge >= 0.3 is 16.0 Å². The first-order valence-corrected chi connectivity index (χ1v) is 33.5. The molecule has 2 aromatic carbocycles. The van der Waals surface area contributed by atoms with E-state index in [2.05, 4.69) is 59.6 Å². The zero-order valence-corrected chi connectivity index (χ0v) is 51.5. The molecule has 1 aliphatic heterocycles. The van der Waals surface area contributed by atoms with Crippen molar-refractivity contribution >= 4 is 55.4 Å². The molecule has 0 fully saturated rings. The second kappa shape index (κ2) is 36.0. The molecule has 0 radical (unpaired) electrons. The average molecular weight is 1170 g/mol. The fraction of sp³-hybridized carbons (Fsp3) is 0.593. The van der Waals surface area contributed by atoms with Gasteiger partial charge in [0.2, 0.25) is 11.6 Å². The lowest BCUT2D eigenvalue weighted by Gasteiger charge is -2.13. The summed E-state index contributed by atoms with van der Waals surface area (Å²) >= 11 is 3.52. The van der Waals surface area contributed by atoms with E-state index in [0.29, 0.717) is 19.5 Å². The van der Waals surface area contributed by atoms with Crippen molar-refractivity contribution in [2.24, 2.45) is 0 Å². The lowest BCUT2D eigenvalue weighted by Crippen LogP contribution is -2.41. The van der Waals surface area contributed by atoms with Gasteiger partial charge in [-0.1, -0.05) is 126 Å². The van der Waals surface area contributed by atoms with Gasteiger partial charge in [0, 0.05) is 61.6 Å². The van der Waals surface area contributed by atoms with Crippen molar-refractivity contribution in [1.82, 2.24) is 19.1 Å². The molecule has 20 heteroatoms. The van der Waals surface area contributed by atoms with E-state index >= 15 is 0 Å². The minimum atomic E-state index is -4.27. The molecule has 0 saturated carbocycles. The van der Waals surface area contributed by atoms with E-state index in [0.717, 1.165) is 109 Å². The summed E-state index contributed by atoms with van der Waals surface area (Å²) < 4.78 is 70.3. The van der Waals surface area contributed by atoms with Gasteiger partial charge in [-0.2, -0.15) is 0 Å². The van der Waals surface area contributed by atoms with Gasteiger partial charge in [-0.05, 0) is 144 Å². The van der Waals surface area contributed by atoms with Crippen molar-refractivity contribution in [3.05, 3.63) is 116 Å². The Bertz CT molecular complexity index is 2880. The average Bonchev–Trinajstić information content (AvgIpc) is 3.41. The van der Waals surface area contributed by atoms with Crippen molar-refractivity contribution < 1.29 is 35.1 Å². The van der Waals surface area contributed by atoms with Gasteiger partial charge in [-0.15, -0.1) is 0 Å². The van der Waals surface area contributed by atoms with Crippen molar-refractivity contribution in [2.75, 3.05) is 35.2 Å². The van der Waals surface area contributed by atoms with Crippen LogP contribution in [0.3, 0.4) is 0 Å². The van der Waals surface area contributed by atoms with E-state index in [1.54, 1.807) is 58.4 Å². The molecule has 0 saturated heterocycles. The van der Waals surface area contributed by atoms with Gasteiger partial charge < -0.3 is 19.7 Å². The topological polar surface area (TPSA) is 216 Å². The van der Waals surface area contributed by atoms with Crippen LogP contribution >= 0.6 is 23.5 Å². The Kier molecular flexibility index (Phi) is 30.5. The first kappa shape index (κ1) is 66.9. The van der Waals surface area contributed by atoms with Crippen molar-refractivity contribution in [1.29, 1.82) is 0 Å². The second-order valence-electron chi connectivity index (χ2n) is 20.6. The van der Waals surface area contributed by atoms with Crippen molar-refractivity contribution in [3.8, 4) is 0 Å². The highest BCUT2D eigenvalue weighted by atomic mass is 32.2. The van der Waals surface area contributed by atoms with Crippen LogP contribution in [0.15, 0.2) is 96.4 Å². The molecular weight excluding hydrogens is 1080 g/mol. The maximum absolute atomic E-state index is 13.8. The van der Waals surface area contributed by atoms with E-state index in [4.69, 9.17) is 9.97 Å². The molecule has 79 heavy (non-hydrogen) atoms. The number of nitrogens with one attached hydrogen (secondary N) is 2. The molecule has 0 spiro atoms. The maximum atomic E-state index is 13.8. The predicted molar refractivity (Wildman–Crippen MR) is 318 cm³/mol. The molecule has 1 aliphatic rings. The van der Waals surface area contributed by atoms with Crippen LogP contribution in [0.2, 0.25) is 0 Å². The van der Waals surface area contributed by atoms with Gasteiger partial charge in [0.1, 0.15) is 31.6 Å². The summed E-state index contributed by atoms with van der Waals surface area (Å²) in [4.78, 5) is 36.7. The molecule has 4 heterocycles. The van der Waals surface area contributed by atoms with Gasteiger partial charge in [-0.3, -0.25) is 13.9 Å². The molecule has 6 rings (SSSR count). The highest BCUT2D eigenvalue weighted by Gasteiger charge is 2.21. The van der Waals surface area contributed by atoms with Crippen LogP contribution in [0.1, 0.15) is 170 Å². The summed E-state index contributed by atoms with van der Waals surface area (Å²) in [6.07, 6.45) is 24.0. The largest absolute Gasteiger partial charge is 0.744 e. The third-order valence-electron chi connectivity index (χ3n) is 13.7. The standard InChI is InChI=1S/C45H74N8O2S2.2C7H8O3S/c1-6-8-10-12-14-18-22-28-50-37(3)34-40-46-26-20-16-17-21-27-47-41-35-38(4)51(29-23-19-15-13-11-9-7-2)44(49-41)57-33-25-31-53-42(54)36-39(5)52(45(53)55)30-24-32-56-43(50)48-40;2*1-6-2-4-7(5-3-6)11(8,9)10/h34-36H,6-33H2,1-5H3;2*2-5H,1H3,(H,8,9,10). The van der Waals surface area contributed by atoms with Crippen LogP contribution in [-0.4, -0.2) is 69.6 Å².